The van der Waals surface area contributed by atoms with Gasteiger partial charge >= 0.3 is 0 Å². The van der Waals surface area contributed by atoms with E-state index in [2.05, 4.69) is 75.4 Å². The molecule has 0 atom stereocenters. The molecular formula is C25H27N. The van der Waals surface area contributed by atoms with Gasteiger partial charge in [0.1, 0.15) is 0 Å². The molecule has 0 saturated carbocycles. The summed E-state index contributed by atoms with van der Waals surface area (Å²) in [5, 5.41) is 0. The van der Waals surface area contributed by atoms with Crippen LogP contribution in [0, 0.1) is 0 Å². The molecular weight excluding hydrogens is 314 g/mol. The molecule has 0 N–H and O–H groups in total. The molecule has 0 aliphatic heterocycles. The van der Waals surface area contributed by atoms with Crippen molar-refractivity contribution in [3.05, 3.63) is 77.5 Å². The van der Waals surface area contributed by atoms with Gasteiger partial charge in [-0.1, -0.05) is 63.2 Å². The summed E-state index contributed by atoms with van der Waals surface area (Å²) >= 11 is 0. The van der Waals surface area contributed by atoms with Gasteiger partial charge in [0, 0.05) is 17.3 Å². The Morgan fingerprint density at radius 2 is 1.62 bits per heavy atom. The van der Waals surface area contributed by atoms with E-state index >= 15 is 0 Å². The fourth-order valence-corrected chi connectivity index (χ4v) is 3.92. The Morgan fingerprint density at radius 1 is 0.808 bits per heavy atom. The van der Waals surface area contributed by atoms with Crippen molar-refractivity contribution in [1.82, 2.24) is 4.98 Å². The first-order chi connectivity index (χ1) is 12.5. The molecule has 0 spiro atoms. The second-order valence-electron chi connectivity index (χ2n) is 8.41. The molecule has 0 amide bonds. The monoisotopic (exact) mass is 341 g/mol. The zero-order valence-electron chi connectivity index (χ0n) is 16.0. The third-order valence-electron chi connectivity index (χ3n) is 5.49. The minimum absolute atomic E-state index is 0.152. The molecule has 2 aromatic carbocycles. The van der Waals surface area contributed by atoms with Gasteiger partial charge < -0.3 is 0 Å². The zero-order valence-corrected chi connectivity index (χ0v) is 16.0. The summed E-state index contributed by atoms with van der Waals surface area (Å²) < 4.78 is 0. The second kappa shape index (κ2) is 6.72. The minimum atomic E-state index is 0.152. The summed E-state index contributed by atoms with van der Waals surface area (Å²) in [5.41, 5.74) is 9.39. The first kappa shape index (κ1) is 17.0. The third-order valence-corrected chi connectivity index (χ3v) is 5.49. The van der Waals surface area contributed by atoms with Crippen LogP contribution < -0.4 is 0 Å². The Morgan fingerprint density at radius 3 is 2.38 bits per heavy atom. The molecule has 0 fully saturated rings. The van der Waals surface area contributed by atoms with Crippen LogP contribution in [0.5, 0.6) is 0 Å². The van der Waals surface area contributed by atoms with Crippen molar-refractivity contribution in [2.75, 3.05) is 0 Å². The molecule has 3 aromatic rings. The van der Waals surface area contributed by atoms with Crippen molar-refractivity contribution >= 4 is 0 Å². The van der Waals surface area contributed by atoms with Gasteiger partial charge in [-0.3, -0.25) is 4.98 Å². The van der Waals surface area contributed by atoms with Crippen molar-refractivity contribution < 1.29 is 0 Å². The summed E-state index contributed by atoms with van der Waals surface area (Å²) in [6.07, 6.45) is 7.07. The number of aromatic nitrogens is 1. The molecule has 0 bridgehead atoms. The molecule has 0 unspecified atom stereocenters. The number of pyridine rings is 1. The van der Waals surface area contributed by atoms with Crippen molar-refractivity contribution in [2.24, 2.45) is 0 Å². The predicted octanol–water partition coefficient (Wildman–Crippen LogP) is 6.59. The Labute approximate surface area is 157 Å². The van der Waals surface area contributed by atoms with E-state index < -0.39 is 0 Å². The van der Waals surface area contributed by atoms with Crippen LogP contribution in [-0.2, 0) is 18.3 Å². The lowest BCUT2D eigenvalue weighted by atomic mass is 9.85. The highest BCUT2D eigenvalue weighted by Crippen LogP contribution is 2.32. The van der Waals surface area contributed by atoms with Gasteiger partial charge in [-0.25, -0.2) is 0 Å². The third kappa shape index (κ3) is 3.31. The van der Waals surface area contributed by atoms with Crippen molar-refractivity contribution in [3.8, 4) is 22.4 Å². The van der Waals surface area contributed by atoms with E-state index in [0.29, 0.717) is 0 Å². The van der Waals surface area contributed by atoms with Crippen molar-refractivity contribution in [2.45, 2.75) is 51.9 Å². The molecule has 1 aromatic heterocycles. The van der Waals surface area contributed by atoms with Crippen LogP contribution in [0.15, 0.2) is 60.8 Å². The minimum Gasteiger partial charge on any atom is -0.256 e. The van der Waals surface area contributed by atoms with Crippen LogP contribution in [0.4, 0.5) is 0 Å². The number of benzene rings is 2. The maximum absolute atomic E-state index is 4.80. The van der Waals surface area contributed by atoms with Crippen LogP contribution in [0.2, 0.25) is 0 Å². The quantitative estimate of drug-likeness (QED) is 0.512. The van der Waals surface area contributed by atoms with E-state index in [9.17, 15) is 0 Å². The molecule has 4 rings (SSSR count). The Bertz CT molecular complexity index is 914. The molecule has 132 valence electrons. The van der Waals surface area contributed by atoms with Crippen LogP contribution >= 0.6 is 0 Å². The molecule has 26 heavy (non-hydrogen) atoms. The van der Waals surface area contributed by atoms with E-state index in [-0.39, 0.29) is 5.41 Å². The molecule has 0 saturated heterocycles. The molecule has 1 nitrogen and oxygen atoms in total. The fraction of sp³-hybridized carbons (Fsp3) is 0.320. The average molecular weight is 341 g/mol. The topological polar surface area (TPSA) is 12.9 Å². The van der Waals surface area contributed by atoms with Gasteiger partial charge in [-0.2, -0.15) is 0 Å². The first-order valence-electron chi connectivity index (χ1n) is 9.70. The van der Waals surface area contributed by atoms with Gasteiger partial charge in [-0.05, 0) is 65.5 Å². The molecule has 1 heterocycles. The van der Waals surface area contributed by atoms with Crippen LogP contribution in [0.1, 0.15) is 50.3 Å². The standard InChI is InChI=1S/C25H27N/c1-25(2,3)21-11-6-10-19(16-21)24-15-14-20(17-26-24)23-13-7-9-18-8-4-5-12-22(18)23/h6-7,9-11,13-17H,4-5,8,12H2,1-3H3. The zero-order chi connectivity index (χ0) is 18.1. The Hall–Kier alpha value is -2.41. The van der Waals surface area contributed by atoms with E-state index in [1.165, 1.54) is 59.1 Å². The number of nitrogens with zero attached hydrogens (tertiary/aromatic N) is 1. The maximum atomic E-state index is 4.80. The smallest absolute Gasteiger partial charge is 0.0702 e. The van der Waals surface area contributed by atoms with Gasteiger partial charge in [0.2, 0.25) is 0 Å². The van der Waals surface area contributed by atoms with E-state index in [4.69, 9.17) is 4.98 Å². The summed E-state index contributed by atoms with van der Waals surface area (Å²) in [7, 11) is 0. The van der Waals surface area contributed by atoms with E-state index in [1.54, 1.807) is 0 Å². The van der Waals surface area contributed by atoms with Gasteiger partial charge in [0.25, 0.3) is 0 Å². The van der Waals surface area contributed by atoms with Gasteiger partial charge in [-0.15, -0.1) is 0 Å². The van der Waals surface area contributed by atoms with Crippen LogP contribution in [-0.4, -0.2) is 4.98 Å². The van der Waals surface area contributed by atoms with E-state index in [1.807, 2.05) is 6.20 Å². The lowest BCUT2D eigenvalue weighted by Crippen LogP contribution is -2.10. The summed E-state index contributed by atoms with van der Waals surface area (Å²) in [5.74, 6) is 0. The highest BCUT2D eigenvalue weighted by molar-refractivity contribution is 5.71. The largest absolute Gasteiger partial charge is 0.256 e. The number of fused-ring (bicyclic) bond motifs is 1. The predicted molar refractivity (Wildman–Crippen MR) is 110 cm³/mol. The number of rotatable bonds is 2. The molecule has 1 heteroatoms. The van der Waals surface area contributed by atoms with Crippen molar-refractivity contribution in [1.29, 1.82) is 0 Å². The Balaban J connectivity index is 1.68. The lowest BCUT2D eigenvalue weighted by molar-refractivity contribution is 0.590. The summed E-state index contributed by atoms with van der Waals surface area (Å²) in [6, 6.07) is 19.9. The normalized spacial score (nSPS) is 14.1. The molecule has 0 radical (unpaired) electrons. The number of hydrogen-bond acceptors (Lipinski definition) is 1. The number of hydrogen-bond donors (Lipinski definition) is 0. The second-order valence-corrected chi connectivity index (χ2v) is 8.41. The summed E-state index contributed by atoms with van der Waals surface area (Å²) in [4.78, 5) is 4.80. The Kier molecular flexibility index (Phi) is 4.40. The maximum Gasteiger partial charge on any atom is 0.0702 e. The van der Waals surface area contributed by atoms with Gasteiger partial charge in [0.15, 0.2) is 0 Å². The van der Waals surface area contributed by atoms with Gasteiger partial charge in [0.05, 0.1) is 5.69 Å². The first-order valence-corrected chi connectivity index (χ1v) is 9.70. The van der Waals surface area contributed by atoms with Crippen LogP contribution in [0.3, 0.4) is 0 Å². The SMILES string of the molecule is CC(C)(C)c1cccc(-c2ccc(-c3cccc4c3CCCC4)cn2)c1. The molecule has 1 aliphatic carbocycles. The van der Waals surface area contributed by atoms with Crippen molar-refractivity contribution in [3.63, 3.8) is 0 Å². The molecule has 1 aliphatic rings. The lowest BCUT2D eigenvalue weighted by Gasteiger charge is -2.20. The highest BCUT2D eigenvalue weighted by atomic mass is 14.7. The van der Waals surface area contributed by atoms with Crippen LogP contribution in [0.25, 0.3) is 22.4 Å². The average Bonchev–Trinajstić information content (AvgIpc) is 2.67. The van der Waals surface area contributed by atoms with E-state index in [0.717, 1.165) is 5.69 Å². The highest BCUT2D eigenvalue weighted by Gasteiger charge is 2.16. The number of aryl methyl sites for hydroxylation is 1. The fourth-order valence-electron chi connectivity index (χ4n) is 3.92. The summed E-state index contributed by atoms with van der Waals surface area (Å²) in [6.45, 7) is 6.75.